The van der Waals surface area contributed by atoms with Crippen molar-refractivity contribution >= 4 is 0 Å². The van der Waals surface area contributed by atoms with Crippen molar-refractivity contribution in [3.05, 3.63) is 0 Å². The Balaban J connectivity index is 2.37. The van der Waals surface area contributed by atoms with E-state index in [1.54, 1.807) is 0 Å². The molecule has 3 nitrogen and oxygen atoms in total. The smallest absolute Gasteiger partial charge is 0.0198 e. The van der Waals surface area contributed by atoms with E-state index in [9.17, 15) is 0 Å². The summed E-state index contributed by atoms with van der Waals surface area (Å²) in [5, 5.41) is 0. The van der Waals surface area contributed by atoms with Crippen LogP contribution in [0.25, 0.3) is 0 Å². The van der Waals surface area contributed by atoms with Crippen molar-refractivity contribution in [2.45, 2.75) is 32.9 Å². The molecule has 78 valence electrons. The summed E-state index contributed by atoms with van der Waals surface area (Å²) in [5.74, 6) is 0. The van der Waals surface area contributed by atoms with Gasteiger partial charge in [0.1, 0.15) is 0 Å². The van der Waals surface area contributed by atoms with E-state index in [4.69, 9.17) is 5.73 Å². The number of hydrogen-bond donors (Lipinski definition) is 1. The molecule has 0 aromatic carbocycles. The van der Waals surface area contributed by atoms with Crippen LogP contribution in [0.2, 0.25) is 0 Å². The Bertz CT molecular complexity index is 147. The Morgan fingerprint density at radius 2 is 2.08 bits per heavy atom. The van der Waals surface area contributed by atoms with Crippen LogP contribution in [0, 0.1) is 0 Å². The third-order valence-electron chi connectivity index (χ3n) is 2.87. The normalized spacial score (nSPS) is 27.0. The highest BCUT2D eigenvalue weighted by Crippen LogP contribution is 2.11. The van der Waals surface area contributed by atoms with Crippen LogP contribution in [-0.2, 0) is 0 Å². The summed E-state index contributed by atoms with van der Waals surface area (Å²) in [6.45, 7) is 12.2. The van der Waals surface area contributed by atoms with Crippen molar-refractivity contribution in [3.63, 3.8) is 0 Å². The first-order valence-electron chi connectivity index (χ1n) is 5.33. The second-order valence-corrected chi connectivity index (χ2v) is 4.27. The molecule has 0 saturated carbocycles. The SMILES string of the molecule is CC(C)N1CCN(CCN)CC1C. The number of piperazine rings is 1. The highest BCUT2D eigenvalue weighted by Gasteiger charge is 2.24. The summed E-state index contributed by atoms with van der Waals surface area (Å²) >= 11 is 0. The van der Waals surface area contributed by atoms with Crippen molar-refractivity contribution in [2.75, 3.05) is 32.7 Å². The van der Waals surface area contributed by atoms with Crippen molar-refractivity contribution in [3.8, 4) is 0 Å². The standard InChI is InChI=1S/C10H23N3/c1-9(2)13-7-6-12(5-4-11)8-10(13)3/h9-10H,4-8,11H2,1-3H3. The Hall–Kier alpha value is -0.120. The Kier molecular flexibility index (Phi) is 4.16. The lowest BCUT2D eigenvalue weighted by atomic mass is 10.1. The molecule has 1 aliphatic heterocycles. The Labute approximate surface area is 81.9 Å². The lowest BCUT2D eigenvalue weighted by Crippen LogP contribution is -2.54. The predicted octanol–water partition coefficient (Wildman–Crippen LogP) is 0.360. The van der Waals surface area contributed by atoms with Crippen LogP contribution in [0.1, 0.15) is 20.8 Å². The van der Waals surface area contributed by atoms with Gasteiger partial charge in [0.25, 0.3) is 0 Å². The lowest BCUT2D eigenvalue weighted by Gasteiger charge is -2.42. The van der Waals surface area contributed by atoms with Crippen LogP contribution in [0.15, 0.2) is 0 Å². The van der Waals surface area contributed by atoms with Gasteiger partial charge in [0.2, 0.25) is 0 Å². The second kappa shape index (κ2) is 4.94. The first kappa shape index (κ1) is 11.0. The molecular weight excluding hydrogens is 162 g/mol. The zero-order valence-electron chi connectivity index (χ0n) is 9.16. The van der Waals surface area contributed by atoms with Crippen LogP contribution >= 0.6 is 0 Å². The van der Waals surface area contributed by atoms with E-state index >= 15 is 0 Å². The van der Waals surface area contributed by atoms with Gasteiger partial charge in [-0.25, -0.2) is 0 Å². The monoisotopic (exact) mass is 185 g/mol. The zero-order chi connectivity index (χ0) is 9.84. The molecule has 1 rings (SSSR count). The summed E-state index contributed by atoms with van der Waals surface area (Å²) in [7, 11) is 0. The van der Waals surface area contributed by atoms with Crippen LogP contribution in [0.4, 0.5) is 0 Å². The highest BCUT2D eigenvalue weighted by atomic mass is 15.3. The van der Waals surface area contributed by atoms with Gasteiger partial charge in [0.15, 0.2) is 0 Å². The van der Waals surface area contributed by atoms with Gasteiger partial charge in [-0.3, -0.25) is 9.80 Å². The minimum Gasteiger partial charge on any atom is -0.329 e. The van der Waals surface area contributed by atoms with Gasteiger partial charge in [-0.15, -0.1) is 0 Å². The first-order chi connectivity index (χ1) is 6.15. The fourth-order valence-electron chi connectivity index (χ4n) is 2.20. The molecule has 0 aromatic rings. The molecule has 1 unspecified atom stereocenters. The molecule has 3 heteroatoms. The molecule has 1 fully saturated rings. The molecule has 1 aliphatic rings. The molecule has 13 heavy (non-hydrogen) atoms. The first-order valence-corrected chi connectivity index (χ1v) is 5.33. The molecule has 2 N–H and O–H groups in total. The molecule has 0 aromatic heterocycles. The van der Waals surface area contributed by atoms with Crippen molar-refractivity contribution in [1.82, 2.24) is 9.80 Å². The van der Waals surface area contributed by atoms with E-state index in [0.717, 1.165) is 13.1 Å². The molecule has 1 atom stereocenters. The van der Waals surface area contributed by atoms with Gasteiger partial charge < -0.3 is 5.73 Å². The van der Waals surface area contributed by atoms with Crippen LogP contribution in [-0.4, -0.2) is 54.6 Å². The van der Waals surface area contributed by atoms with Crippen molar-refractivity contribution in [2.24, 2.45) is 5.73 Å². The zero-order valence-corrected chi connectivity index (χ0v) is 9.16. The maximum absolute atomic E-state index is 5.54. The summed E-state index contributed by atoms with van der Waals surface area (Å²) in [6, 6.07) is 1.36. The number of rotatable bonds is 3. The fourth-order valence-corrected chi connectivity index (χ4v) is 2.20. The predicted molar refractivity (Wildman–Crippen MR) is 56.8 cm³/mol. The molecule has 0 amide bonds. The van der Waals surface area contributed by atoms with E-state index in [0.29, 0.717) is 12.1 Å². The molecule has 0 aliphatic carbocycles. The number of hydrogen-bond acceptors (Lipinski definition) is 3. The van der Waals surface area contributed by atoms with Gasteiger partial charge in [0, 0.05) is 44.8 Å². The molecule has 1 saturated heterocycles. The largest absolute Gasteiger partial charge is 0.329 e. The van der Waals surface area contributed by atoms with Gasteiger partial charge in [-0.05, 0) is 20.8 Å². The van der Waals surface area contributed by atoms with Crippen LogP contribution < -0.4 is 5.73 Å². The summed E-state index contributed by atoms with van der Waals surface area (Å²) < 4.78 is 0. The fraction of sp³-hybridized carbons (Fsp3) is 1.00. The van der Waals surface area contributed by atoms with Gasteiger partial charge >= 0.3 is 0 Å². The average Bonchev–Trinajstić information content (AvgIpc) is 2.04. The summed E-state index contributed by atoms with van der Waals surface area (Å²) in [4.78, 5) is 5.02. The third kappa shape index (κ3) is 2.93. The van der Waals surface area contributed by atoms with E-state index < -0.39 is 0 Å². The summed E-state index contributed by atoms with van der Waals surface area (Å²) in [6.07, 6.45) is 0. The quantitative estimate of drug-likeness (QED) is 0.689. The van der Waals surface area contributed by atoms with E-state index in [-0.39, 0.29) is 0 Å². The van der Waals surface area contributed by atoms with Gasteiger partial charge in [-0.1, -0.05) is 0 Å². The maximum Gasteiger partial charge on any atom is 0.0198 e. The van der Waals surface area contributed by atoms with Crippen LogP contribution in [0.3, 0.4) is 0 Å². The van der Waals surface area contributed by atoms with E-state index in [1.165, 1.54) is 19.6 Å². The lowest BCUT2D eigenvalue weighted by molar-refractivity contribution is 0.0621. The van der Waals surface area contributed by atoms with Crippen molar-refractivity contribution in [1.29, 1.82) is 0 Å². The van der Waals surface area contributed by atoms with E-state index in [2.05, 4.69) is 30.6 Å². The molecule has 0 spiro atoms. The molecule has 1 heterocycles. The third-order valence-corrected chi connectivity index (χ3v) is 2.87. The molecule has 0 radical (unpaired) electrons. The number of nitrogens with two attached hydrogens (primary N) is 1. The Morgan fingerprint density at radius 1 is 1.38 bits per heavy atom. The Morgan fingerprint density at radius 3 is 2.54 bits per heavy atom. The number of nitrogens with zero attached hydrogens (tertiary/aromatic N) is 2. The minimum absolute atomic E-state index is 0.676. The summed E-state index contributed by atoms with van der Waals surface area (Å²) in [5.41, 5.74) is 5.54. The van der Waals surface area contributed by atoms with Gasteiger partial charge in [0.05, 0.1) is 0 Å². The van der Waals surface area contributed by atoms with Gasteiger partial charge in [-0.2, -0.15) is 0 Å². The van der Waals surface area contributed by atoms with Crippen LogP contribution in [0.5, 0.6) is 0 Å². The molecule has 0 bridgehead atoms. The highest BCUT2D eigenvalue weighted by molar-refractivity contribution is 4.80. The average molecular weight is 185 g/mol. The topological polar surface area (TPSA) is 32.5 Å². The molecular formula is C10H23N3. The minimum atomic E-state index is 0.676. The van der Waals surface area contributed by atoms with E-state index in [1.807, 2.05) is 0 Å². The van der Waals surface area contributed by atoms with Crippen molar-refractivity contribution < 1.29 is 0 Å². The maximum atomic E-state index is 5.54. The second-order valence-electron chi connectivity index (χ2n) is 4.27.